The number of benzene rings is 2. The maximum Gasteiger partial charge on any atom is 0.228 e. The average molecular weight is 379 g/mol. The molecular formula is C21H21N3O2S. The normalized spacial score (nSPS) is 10.7. The van der Waals surface area contributed by atoms with E-state index in [1.165, 1.54) is 11.8 Å². The Hall–Kier alpha value is -2.86. The molecule has 2 amide bonds. The molecule has 1 aromatic heterocycles. The second-order valence-corrected chi connectivity index (χ2v) is 7.31. The van der Waals surface area contributed by atoms with Crippen LogP contribution in [0, 0.1) is 13.8 Å². The predicted molar refractivity (Wildman–Crippen MR) is 110 cm³/mol. The maximum absolute atomic E-state index is 12.7. The van der Waals surface area contributed by atoms with Crippen molar-refractivity contribution in [1.82, 2.24) is 4.98 Å². The highest BCUT2D eigenvalue weighted by Gasteiger charge is 2.14. The molecule has 3 aromatic rings. The van der Waals surface area contributed by atoms with Gasteiger partial charge in [0.25, 0.3) is 0 Å². The molecule has 138 valence electrons. The van der Waals surface area contributed by atoms with Gasteiger partial charge in [0.2, 0.25) is 11.8 Å². The zero-order valence-corrected chi connectivity index (χ0v) is 16.1. The van der Waals surface area contributed by atoms with E-state index in [0.29, 0.717) is 5.69 Å². The Bertz CT molecular complexity index is 1020. The van der Waals surface area contributed by atoms with Gasteiger partial charge in [-0.1, -0.05) is 30.3 Å². The van der Waals surface area contributed by atoms with Crippen LogP contribution in [-0.2, 0) is 16.0 Å². The summed E-state index contributed by atoms with van der Waals surface area (Å²) in [5.74, 6) is -0.348. The van der Waals surface area contributed by atoms with Crippen molar-refractivity contribution in [2.75, 3.05) is 11.1 Å². The van der Waals surface area contributed by atoms with Crippen molar-refractivity contribution < 1.29 is 9.59 Å². The van der Waals surface area contributed by atoms with Gasteiger partial charge in [0.05, 0.1) is 23.4 Å². The number of thioether (sulfide) groups is 1. The van der Waals surface area contributed by atoms with Gasteiger partial charge in [0, 0.05) is 16.0 Å². The van der Waals surface area contributed by atoms with Crippen LogP contribution in [0.1, 0.15) is 16.8 Å². The maximum atomic E-state index is 12.7. The van der Waals surface area contributed by atoms with Gasteiger partial charge in [-0.3, -0.25) is 14.6 Å². The number of nitrogens with zero attached hydrogens (tertiary/aromatic N) is 1. The number of hydrogen-bond acceptors (Lipinski definition) is 4. The third-order valence-electron chi connectivity index (χ3n) is 4.35. The van der Waals surface area contributed by atoms with E-state index in [2.05, 4.69) is 10.3 Å². The van der Waals surface area contributed by atoms with Gasteiger partial charge in [0.1, 0.15) is 0 Å². The Morgan fingerprint density at radius 3 is 2.56 bits per heavy atom. The summed E-state index contributed by atoms with van der Waals surface area (Å²) in [6, 6.07) is 15.3. The first-order chi connectivity index (χ1) is 13.0. The lowest BCUT2D eigenvalue weighted by Crippen LogP contribution is -2.17. The van der Waals surface area contributed by atoms with Crippen LogP contribution in [0.5, 0.6) is 0 Å². The number of aryl methyl sites for hydroxylation is 2. The quantitative estimate of drug-likeness (QED) is 0.641. The number of hydrogen-bond donors (Lipinski definition) is 2. The largest absolute Gasteiger partial charge is 0.369 e. The number of fused-ring (bicyclic) bond motifs is 1. The van der Waals surface area contributed by atoms with Crippen molar-refractivity contribution in [2.45, 2.75) is 25.2 Å². The monoisotopic (exact) mass is 379 g/mol. The molecule has 1 heterocycles. The van der Waals surface area contributed by atoms with Gasteiger partial charge >= 0.3 is 0 Å². The Morgan fingerprint density at radius 1 is 1.07 bits per heavy atom. The number of pyridine rings is 1. The van der Waals surface area contributed by atoms with E-state index in [4.69, 9.17) is 5.73 Å². The first kappa shape index (κ1) is 18.9. The first-order valence-corrected chi connectivity index (χ1v) is 9.59. The highest BCUT2D eigenvalue weighted by molar-refractivity contribution is 8.00. The smallest absolute Gasteiger partial charge is 0.228 e. The number of nitrogens with one attached hydrogen (secondary N) is 1. The van der Waals surface area contributed by atoms with Gasteiger partial charge in [0.15, 0.2) is 0 Å². The minimum absolute atomic E-state index is 0.120. The molecular weight excluding hydrogens is 358 g/mol. The molecule has 0 unspecified atom stereocenters. The van der Waals surface area contributed by atoms with Crippen LogP contribution in [-0.4, -0.2) is 22.6 Å². The lowest BCUT2D eigenvalue weighted by Gasteiger charge is -2.14. The summed E-state index contributed by atoms with van der Waals surface area (Å²) < 4.78 is 0. The van der Waals surface area contributed by atoms with Crippen molar-refractivity contribution in [3.63, 3.8) is 0 Å². The molecule has 3 rings (SSSR count). The Kier molecular flexibility index (Phi) is 5.76. The van der Waals surface area contributed by atoms with Gasteiger partial charge in [-0.15, -0.1) is 11.8 Å². The fourth-order valence-corrected chi connectivity index (χ4v) is 3.78. The van der Waals surface area contributed by atoms with Crippen LogP contribution in [0.25, 0.3) is 10.9 Å². The van der Waals surface area contributed by atoms with Crippen molar-refractivity contribution in [3.05, 3.63) is 65.4 Å². The summed E-state index contributed by atoms with van der Waals surface area (Å²) in [5, 5.41) is 4.00. The first-order valence-electron chi connectivity index (χ1n) is 8.60. The number of anilines is 1. The topological polar surface area (TPSA) is 85.1 Å². The lowest BCUT2D eigenvalue weighted by atomic mass is 9.99. The van der Waals surface area contributed by atoms with E-state index in [1.807, 2.05) is 62.4 Å². The van der Waals surface area contributed by atoms with Crippen LogP contribution < -0.4 is 11.1 Å². The Labute approximate surface area is 162 Å². The number of nitrogens with two attached hydrogens (primary N) is 1. The highest BCUT2D eigenvalue weighted by atomic mass is 32.2. The molecule has 0 spiro atoms. The molecule has 0 aliphatic heterocycles. The number of amides is 2. The third kappa shape index (κ3) is 4.46. The average Bonchev–Trinajstić information content (AvgIpc) is 2.64. The predicted octanol–water partition coefficient (Wildman–Crippen LogP) is 3.61. The molecule has 0 bridgehead atoms. The van der Waals surface area contributed by atoms with E-state index < -0.39 is 5.91 Å². The molecule has 0 aliphatic carbocycles. The molecule has 0 atom stereocenters. The Morgan fingerprint density at radius 2 is 1.78 bits per heavy atom. The number of para-hydroxylation sites is 2. The van der Waals surface area contributed by atoms with Crippen LogP contribution in [0.3, 0.4) is 0 Å². The van der Waals surface area contributed by atoms with E-state index >= 15 is 0 Å². The van der Waals surface area contributed by atoms with Gasteiger partial charge < -0.3 is 11.1 Å². The highest BCUT2D eigenvalue weighted by Crippen LogP contribution is 2.27. The van der Waals surface area contributed by atoms with Crippen LogP contribution in [0.2, 0.25) is 0 Å². The Balaban J connectivity index is 1.81. The molecule has 5 nitrogen and oxygen atoms in total. The zero-order chi connectivity index (χ0) is 19.4. The van der Waals surface area contributed by atoms with Gasteiger partial charge in [-0.05, 0) is 43.2 Å². The fourth-order valence-electron chi connectivity index (χ4n) is 3.03. The summed E-state index contributed by atoms with van der Waals surface area (Å²) in [4.78, 5) is 29.2. The second-order valence-electron chi connectivity index (χ2n) is 6.29. The summed E-state index contributed by atoms with van der Waals surface area (Å²) in [6.45, 7) is 3.95. The number of carbonyl (C=O) groups is 2. The molecule has 2 aromatic carbocycles. The van der Waals surface area contributed by atoms with Crippen LogP contribution in [0.4, 0.5) is 5.69 Å². The fraction of sp³-hybridized carbons (Fsp3) is 0.190. The second kappa shape index (κ2) is 8.22. The molecule has 6 heteroatoms. The van der Waals surface area contributed by atoms with Gasteiger partial charge in [-0.2, -0.15) is 0 Å². The molecule has 0 fully saturated rings. The zero-order valence-electron chi connectivity index (χ0n) is 15.3. The molecule has 0 radical (unpaired) electrons. The minimum atomic E-state index is -0.394. The van der Waals surface area contributed by atoms with E-state index in [1.54, 1.807) is 0 Å². The van der Waals surface area contributed by atoms with Crippen LogP contribution in [0.15, 0.2) is 53.4 Å². The van der Waals surface area contributed by atoms with Crippen molar-refractivity contribution in [3.8, 4) is 0 Å². The number of rotatable bonds is 6. The van der Waals surface area contributed by atoms with Crippen LogP contribution >= 0.6 is 11.8 Å². The molecule has 0 saturated carbocycles. The standard InChI is InChI=1S/C21H21N3O2S/c1-13-15-7-3-4-8-17(15)23-14(2)16(13)11-21(26)24-18-9-5-6-10-19(18)27-12-20(22)25/h3-10H,11-12H2,1-2H3,(H2,22,25)(H,24,26). The summed E-state index contributed by atoms with van der Waals surface area (Å²) >= 11 is 1.31. The summed E-state index contributed by atoms with van der Waals surface area (Å²) in [5.41, 5.74) is 9.70. The van der Waals surface area contributed by atoms with E-state index in [9.17, 15) is 9.59 Å². The van der Waals surface area contributed by atoms with Crippen molar-refractivity contribution >= 4 is 40.2 Å². The number of aromatic nitrogens is 1. The van der Waals surface area contributed by atoms with Crippen molar-refractivity contribution in [1.29, 1.82) is 0 Å². The lowest BCUT2D eigenvalue weighted by molar-refractivity contribution is -0.116. The van der Waals surface area contributed by atoms with Gasteiger partial charge in [-0.25, -0.2) is 0 Å². The van der Waals surface area contributed by atoms with E-state index in [0.717, 1.165) is 32.6 Å². The molecule has 0 saturated heterocycles. The number of primary amides is 1. The van der Waals surface area contributed by atoms with E-state index in [-0.39, 0.29) is 18.1 Å². The molecule has 0 aliphatic rings. The van der Waals surface area contributed by atoms with Crippen molar-refractivity contribution in [2.24, 2.45) is 5.73 Å². The minimum Gasteiger partial charge on any atom is -0.369 e. The molecule has 27 heavy (non-hydrogen) atoms. The third-order valence-corrected chi connectivity index (χ3v) is 5.45. The number of carbonyl (C=O) groups excluding carboxylic acids is 2. The SMILES string of the molecule is Cc1nc2ccccc2c(C)c1CC(=O)Nc1ccccc1SCC(N)=O. The summed E-state index contributed by atoms with van der Waals surface area (Å²) in [7, 11) is 0. The molecule has 3 N–H and O–H groups in total. The summed E-state index contributed by atoms with van der Waals surface area (Å²) in [6.07, 6.45) is 0.240.